The molecule has 0 atom stereocenters. The first-order valence-electron chi connectivity index (χ1n) is 6.25. The van der Waals surface area contributed by atoms with Crippen LogP contribution in [0.3, 0.4) is 0 Å². The molecule has 0 aliphatic heterocycles. The summed E-state index contributed by atoms with van der Waals surface area (Å²) in [5, 5.41) is 18.4. The van der Waals surface area contributed by atoms with Crippen LogP contribution >= 0.6 is 0 Å². The SMILES string of the molecule is O=C(O)c1cccc2c1C(=O)c1cccc(C(=O)O)c1C2=O. The molecule has 6 nitrogen and oxygen atoms in total. The van der Waals surface area contributed by atoms with E-state index >= 15 is 0 Å². The number of hydrogen-bond donors (Lipinski definition) is 2. The molecule has 0 fully saturated rings. The first-order valence-corrected chi connectivity index (χ1v) is 6.25. The van der Waals surface area contributed by atoms with E-state index in [2.05, 4.69) is 0 Å². The van der Waals surface area contributed by atoms with Gasteiger partial charge in [0.25, 0.3) is 0 Å². The minimum atomic E-state index is -1.32. The second kappa shape index (κ2) is 4.63. The number of hydrogen-bond acceptors (Lipinski definition) is 4. The molecule has 2 aromatic rings. The lowest BCUT2D eigenvalue weighted by Gasteiger charge is -2.20. The number of rotatable bonds is 2. The molecule has 0 unspecified atom stereocenters. The first kappa shape index (κ1) is 13.7. The fraction of sp³-hybridized carbons (Fsp3) is 0. The lowest BCUT2D eigenvalue weighted by Crippen LogP contribution is -2.26. The van der Waals surface area contributed by atoms with Gasteiger partial charge in [0.1, 0.15) is 0 Å². The van der Waals surface area contributed by atoms with Crippen molar-refractivity contribution in [3.63, 3.8) is 0 Å². The first-order chi connectivity index (χ1) is 10.4. The van der Waals surface area contributed by atoms with Crippen LogP contribution in [0.4, 0.5) is 0 Å². The molecule has 0 radical (unpaired) electrons. The van der Waals surface area contributed by atoms with E-state index in [9.17, 15) is 29.4 Å². The number of fused-ring (bicyclic) bond motifs is 2. The Morgan fingerprint density at radius 3 is 1.36 bits per heavy atom. The average Bonchev–Trinajstić information content (AvgIpc) is 2.51. The Labute approximate surface area is 123 Å². The van der Waals surface area contributed by atoms with Gasteiger partial charge in [0.05, 0.1) is 11.1 Å². The molecule has 6 heteroatoms. The number of carboxylic acids is 2. The summed E-state index contributed by atoms with van der Waals surface area (Å²) < 4.78 is 0. The van der Waals surface area contributed by atoms with Gasteiger partial charge < -0.3 is 10.2 Å². The zero-order chi connectivity index (χ0) is 16.0. The predicted molar refractivity (Wildman–Crippen MR) is 73.7 cm³/mol. The van der Waals surface area contributed by atoms with Crippen molar-refractivity contribution in [1.29, 1.82) is 0 Å². The summed E-state index contributed by atoms with van der Waals surface area (Å²) >= 11 is 0. The fourth-order valence-corrected chi connectivity index (χ4v) is 2.60. The molecule has 3 rings (SSSR count). The van der Waals surface area contributed by atoms with Crippen molar-refractivity contribution in [3.8, 4) is 0 Å². The van der Waals surface area contributed by atoms with Gasteiger partial charge in [0.15, 0.2) is 11.6 Å². The van der Waals surface area contributed by atoms with Gasteiger partial charge >= 0.3 is 11.9 Å². The Balaban J connectivity index is 2.38. The third kappa shape index (κ3) is 1.74. The number of carbonyl (C=O) groups is 4. The highest BCUT2D eigenvalue weighted by molar-refractivity contribution is 6.32. The van der Waals surface area contributed by atoms with Crippen molar-refractivity contribution in [2.45, 2.75) is 0 Å². The monoisotopic (exact) mass is 296 g/mol. The van der Waals surface area contributed by atoms with Gasteiger partial charge in [-0.3, -0.25) is 9.59 Å². The van der Waals surface area contributed by atoms with Crippen molar-refractivity contribution in [1.82, 2.24) is 0 Å². The van der Waals surface area contributed by atoms with Crippen LogP contribution in [0.2, 0.25) is 0 Å². The summed E-state index contributed by atoms with van der Waals surface area (Å²) in [5.41, 5.74) is -1.13. The molecule has 0 aromatic heterocycles. The van der Waals surface area contributed by atoms with E-state index in [0.717, 1.165) is 0 Å². The van der Waals surface area contributed by atoms with Crippen LogP contribution < -0.4 is 0 Å². The van der Waals surface area contributed by atoms with Crippen LogP contribution in [0.5, 0.6) is 0 Å². The van der Waals surface area contributed by atoms with Gasteiger partial charge in [-0.1, -0.05) is 24.3 Å². The molecule has 0 saturated carbocycles. The van der Waals surface area contributed by atoms with Gasteiger partial charge in [0.2, 0.25) is 0 Å². The molecule has 0 saturated heterocycles. The second-order valence-electron chi connectivity index (χ2n) is 4.72. The topological polar surface area (TPSA) is 109 Å². The van der Waals surface area contributed by atoms with Crippen molar-refractivity contribution in [2.24, 2.45) is 0 Å². The summed E-state index contributed by atoms with van der Waals surface area (Å²) in [6, 6.07) is 7.81. The third-order valence-corrected chi connectivity index (χ3v) is 3.53. The average molecular weight is 296 g/mol. The Hall–Kier alpha value is -3.28. The number of benzene rings is 2. The summed E-state index contributed by atoms with van der Waals surface area (Å²) in [5.74, 6) is -3.97. The number of aromatic carboxylic acids is 2. The van der Waals surface area contributed by atoms with E-state index in [-0.39, 0.29) is 33.4 Å². The van der Waals surface area contributed by atoms with Crippen LogP contribution in [0, 0.1) is 0 Å². The normalized spacial score (nSPS) is 12.5. The molecule has 0 bridgehead atoms. The Kier molecular flexibility index (Phi) is 2.88. The highest BCUT2D eigenvalue weighted by atomic mass is 16.4. The smallest absolute Gasteiger partial charge is 0.336 e. The minimum Gasteiger partial charge on any atom is -0.478 e. The van der Waals surface area contributed by atoms with E-state index in [4.69, 9.17) is 0 Å². The summed E-state index contributed by atoms with van der Waals surface area (Å²) in [4.78, 5) is 47.6. The van der Waals surface area contributed by atoms with Gasteiger partial charge in [-0.2, -0.15) is 0 Å². The van der Waals surface area contributed by atoms with E-state index < -0.39 is 23.5 Å². The molecule has 0 heterocycles. The highest BCUT2D eigenvalue weighted by Gasteiger charge is 2.35. The molecule has 22 heavy (non-hydrogen) atoms. The lowest BCUT2D eigenvalue weighted by atomic mass is 9.80. The van der Waals surface area contributed by atoms with Crippen LogP contribution in [0.25, 0.3) is 0 Å². The number of ketones is 2. The van der Waals surface area contributed by atoms with Gasteiger partial charge in [0, 0.05) is 22.3 Å². The maximum Gasteiger partial charge on any atom is 0.336 e. The van der Waals surface area contributed by atoms with Crippen LogP contribution in [0.1, 0.15) is 52.6 Å². The molecular formula is C16H8O6. The van der Waals surface area contributed by atoms with Gasteiger partial charge in [-0.25, -0.2) is 9.59 Å². The van der Waals surface area contributed by atoms with Gasteiger partial charge in [-0.05, 0) is 12.1 Å². The quantitative estimate of drug-likeness (QED) is 0.747. The standard InChI is InChI=1S/C16H8O6/c17-13-7-3-1-5-9(15(19)20)11(7)14(18)8-4-2-6-10(12(8)13)16(21)22/h1-6H,(H,19,20)(H,21,22). The summed E-state index contributed by atoms with van der Waals surface area (Å²) in [6.07, 6.45) is 0. The number of carbonyl (C=O) groups excluding carboxylic acids is 2. The molecule has 0 amide bonds. The second-order valence-corrected chi connectivity index (χ2v) is 4.72. The van der Waals surface area contributed by atoms with E-state index in [1.54, 1.807) is 0 Å². The number of carboxylic acid groups (broad SMARTS) is 2. The molecule has 1 aliphatic rings. The van der Waals surface area contributed by atoms with Crippen molar-refractivity contribution >= 4 is 23.5 Å². The molecule has 2 N–H and O–H groups in total. The Bertz CT molecular complexity index is 805. The maximum atomic E-state index is 12.5. The Morgan fingerprint density at radius 1 is 0.682 bits per heavy atom. The predicted octanol–water partition coefficient (Wildman–Crippen LogP) is 1.86. The van der Waals surface area contributed by atoms with Crippen molar-refractivity contribution in [3.05, 3.63) is 69.8 Å². The third-order valence-electron chi connectivity index (χ3n) is 3.53. The van der Waals surface area contributed by atoms with Gasteiger partial charge in [-0.15, -0.1) is 0 Å². The van der Waals surface area contributed by atoms with Crippen LogP contribution in [-0.2, 0) is 0 Å². The summed E-state index contributed by atoms with van der Waals surface area (Å²) in [7, 11) is 0. The zero-order valence-electron chi connectivity index (χ0n) is 11.0. The lowest BCUT2D eigenvalue weighted by molar-refractivity contribution is 0.0681. The van der Waals surface area contributed by atoms with Crippen molar-refractivity contribution in [2.75, 3.05) is 0 Å². The van der Waals surface area contributed by atoms with Crippen LogP contribution in [0.15, 0.2) is 36.4 Å². The van der Waals surface area contributed by atoms with E-state index in [0.29, 0.717) is 0 Å². The molecular weight excluding hydrogens is 288 g/mol. The van der Waals surface area contributed by atoms with E-state index in [1.165, 1.54) is 36.4 Å². The Morgan fingerprint density at radius 2 is 1.05 bits per heavy atom. The fourth-order valence-electron chi connectivity index (χ4n) is 2.60. The largest absolute Gasteiger partial charge is 0.478 e. The summed E-state index contributed by atoms with van der Waals surface area (Å²) in [6.45, 7) is 0. The molecule has 1 aliphatic carbocycles. The maximum absolute atomic E-state index is 12.5. The van der Waals surface area contributed by atoms with Crippen LogP contribution in [-0.4, -0.2) is 33.7 Å². The van der Waals surface area contributed by atoms with E-state index in [1.807, 2.05) is 0 Å². The molecule has 2 aromatic carbocycles. The molecule has 108 valence electrons. The van der Waals surface area contributed by atoms with Crippen molar-refractivity contribution < 1.29 is 29.4 Å². The minimum absolute atomic E-state index is 0.0916. The molecule has 0 spiro atoms. The zero-order valence-corrected chi connectivity index (χ0v) is 11.0. The highest BCUT2D eigenvalue weighted by Crippen LogP contribution is 2.31.